The van der Waals surface area contributed by atoms with Gasteiger partial charge in [-0.2, -0.15) is 0 Å². The summed E-state index contributed by atoms with van der Waals surface area (Å²) in [4.78, 5) is 38.0. The number of aromatic nitrogens is 4. The number of esters is 2. The molecule has 0 aliphatic carbocycles. The Morgan fingerprint density at radius 2 is 1.54 bits per heavy atom. The number of nitrogens with zero attached hydrogens (tertiary/aromatic N) is 4. The Hall–Kier alpha value is -2.60. The third kappa shape index (κ3) is 9.52. The van der Waals surface area contributed by atoms with Crippen molar-refractivity contribution in [3.8, 4) is 0 Å². The topological polar surface area (TPSA) is 173 Å². The van der Waals surface area contributed by atoms with Gasteiger partial charge in [0.15, 0.2) is 11.5 Å². The van der Waals surface area contributed by atoms with Crippen LogP contribution in [0, 0.1) is 0 Å². The summed E-state index contributed by atoms with van der Waals surface area (Å²) < 4.78 is 32.7. The molecule has 0 saturated heterocycles. The molecule has 0 aliphatic rings. The predicted octanol–water partition coefficient (Wildman–Crippen LogP) is 3.39. The van der Waals surface area contributed by atoms with Crippen LogP contribution in [0.4, 0.5) is 5.82 Å². The highest BCUT2D eigenvalue weighted by Gasteiger charge is 2.43. The van der Waals surface area contributed by atoms with Crippen LogP contribution in [0.5, 0.6) is 0 Å². The molecular weight excluding hydrogens is 525 g/mol. The molecule has 0 aliphatic heterocycles. The van der Waals surface area contributed by atoms with E-state index in [4.69, 9.17) is 19.9 Å². The zero-order valence-electron chi connectivity index (χ0n) is 24.2. The van der Waals surface area contributed by atoms with Crippen LogP contribution in [-0.2, 0) is 34.9 Å². The molecule has 2 aromatic heterocycles. The van der Waals surface area contributed by atoms with Crippen LogP contribution in [0.15, 0.2) is 12.7 Å². The van der Waals surface area contributed by atoms with E-state index in [1.807, 2.05) is 13.8 Å². The first-order chi connectivity index (χ1) is 18.2. The smallest absolute Gasteiger partial charge is 0.326 e. The quantitative estimate of drug-likeness (QED) is 0.144. The van der Waals surface area contributed by atoms with E-state index in [9.17, 15) is 14.2 Å². The average molecular weight is 570 g/mol. The number of nitrogens with one attached hydrogen (secondary N) is 2. The van der Waals surface area contributed by atoms with E-state index in [1.165, 1.54) is 6.33 Å². The Balaban J connectivity index is 2.20. The fourth-order valence-corrected chi connectivity index (χ4v) is 6.30. The van der Waals surface area contributed by atoms with Crippen LogP contribution in [0.25, 0.3) is 11.2 Å². The van der Waals surface area contributed by atoms with Crippen LogP contribution in [0.2, 0.25) is 0 Å². The molecule has 2 aromatic rings. The molecule has 0 fully saturated rings. The van der Waals surface area contributed by atoms with Gasteiger partial charge in [-0.15, -0.1) is 0 Å². The zero-order valence-corrected chi connectivity index (χ0v) is 25.0. The third-order valence-corrected chi connectivity index (χ3v) is 8.18. The van der Waals surface area contributed by atoms with Crippen LogP contribution < -0.4 is 15.9 Å². The molecule has 0 unspecified atom stereocenters. The summed E-state index contributed by atoms with van der Waals surface area (Å²) >= 11 is 0. The Morgan fingerprint density at radius 3 is 2.05 bits per heavy atom. The lowest BCUT2D eigenvalue weighted by molar-refractivity contribution is -0.149. The lowest BCUT2D eigenvalue weighted by Crippen LogP contribution is -2.54. The minimum atomic E-state index is -3.74. The SMILES string of the molecule is CCCCOC(=O)C(C)(C)NP(=O)(CO[C@H](C)Cn1cnc2c(N)ncnc21)NC(C)(C)C(=O)OCCCC. The molecule has 0 saturated carbocycles. The fourth-order valence-electron chi connectivity index (χ4n) is 3.66. The number of hydrogen-bond donors (Lipinski definition) is 3. The summed E-state index contributed by atoms with van der Waals surface area (Å²) in [7, 11) is -3.74. The number of rotatable bonds is 17. The van der Waals surface area contributed by atoms with E-state index in [0.29, 0.717) is 30.6 Å². The van der Waals surface area contributed by atoms with E-state index in [0.717, 1.165) is 12.8 Å². The highest BCUT2D eigenvalue weighted by Crippen LogP contribution is 2.42. The van der Waals surface area contributed by atoms with Gasteiger partial charge >= 0.3 is 11.9 Å². The molecule has 0 bridgehead atoms. The van der Waals surface area contributed by atoms with Crippen molar-refractivity contribution in [2.75, 3.05) is 25.3 Å². The van der Waals surface area contributed by atoms with E-state index in [1.54, 1.807) is 45.5 Å². The van der Waals surface area contributed by atoms with Gasteiger partial charge in [0.25, 0.3) is 0 Å². The number of nitrogens with two attached hydrogens (primary N) is 1. The predicted molar refractivity (Wildman–Crippen MR) is 149 cm³/mol. The van der Waals surface area contributed by atoms with E-state index < -0.39 is 36.6 Å². The van der Waals surface area contributed by atoms with Crippen molar-refractivity contribution in [1.82, 2.24) is 29.7 Å². The molecule has 2 rings (SSSR count). The molecule has 39 heavy (non-hydrogen) atoms. The van der Waals surface area contributed by atoms with Gasteiger partial charge in [0.1, 0.15) is 29.3 Å². The highest BCUT2D eigenvalue weighted by molar-refractivity contribution is 7.59. The molecule has 0 aromatic carbocycles. The van der Waals surface area contributed by atoms with E-state index >= 15 is 0 Å². The van der Waals surface area contributed by atoms with Gasteiger partial charge in [-0.3, -0.25) is 14.2 Å². The first-order valence-corrected chi connectivity index (χ1v) is 15.2. The number of fused-ring (bicyclic) bond motifs is 1. The third-order valence-electron chi connectivity index (χ3n) is 5.83. The van der Waals surface area contributed by atoms with E-state index in [-0.39, 0.29) is 25.4 Å². The molecule has 0 spiro atoms. The van der Waals surface area contributed by atoms with Crippen molar-refractivity contribution in [1.29, 1.82) is 0 Å². The summed E-state index contributed by atoms with van der Waals surface area (Å²) in [5.41, 5.74) is 4.23. The Labute approximate surface area is 230 Å². The Morgan fingerprint density at radius 1 is 1.00 bits per heavy atom. The lowest BCUT2D eigenvalue weighted by Gasteiger charge is -2.35. The van der Waals surface area contributed by atoms with Crippen molar-refractivity contribution >= 4 is 36.4 Å². The molecule has 4 N–H and O–H groups in total. The van der Waals surface area contributed by atoms with Crippen molar-refractivity contribution in [3.05, 3.63) is 12.7 Å². The van der Waals surface area contributed by atoms with Gasteiger partial charge in [0.05, 0.1) is 32.2 Å². The molecule has 2 heterocycles. The monoisotopic (exact) mass is 569 g/mol. The van der Waals surface area contributed by atoms with Gasteiger partial charge < -0.3 is 24.5 Å². The summed E-state index contributed by atoms with van der Waals surface area (Å²) in [6.07, 6.45) is 5.33. The summed E-state index contributed by atoms with van der Waals surface area (Å²) in [5.74, 6) is -0.848. The highest BCUT2D eigenvalue weighted by atomic mass is 31.2. The van der Waals surface area contributed by atoms with Crippen molar-refractivity contribution in [3.63, 3.8) is 0 Å². The number of hydrogen-bond acceptors (Lipinski definition) is 10. The van der Waals surface area contributed by atoms with Crippen LogP contribution >= 0.6 is 7.44 Å². The van der Waals surface area contributed by atoms with Gasteiger partial charge in [0.2, 0.25) is 7.44 Å². The van der Waals surface area contributed by atoms with E-state index in [2.05, 4.69) is 25.1 Å². The second-order valence-electron chi connectivity index (χ2n) is 10.6. The summed E-state index contributed by atoms with van der Waals surface area (Å²) in [5, 5.41) is 5.81. The second kappa shape index (κ2) is 14.2. The number of carbonyl (C=O) groups is 2. The molecule has 14 heteroatoms. The Bertz CT molecular complexity index is 1110. The molecular formula is C25H44N7O6P. The number of imidazole rings is 1. The first-order valence-electron chi connectivity index (χ1n) is 13.3. The number of carbonyl (C=O) groups excluding carboxylic acids is 2. The maximum atomic E-state index is 14.3. The zero-order chi connectivity index (χ0) is 29.3. The number of unbranched alkanes of at least 4 members (excludes halogenated alkanes) is 2. The lowest BCUT2D eigenvalue weighted by atomic mass is 10.1. The maximum absolute atomic E-state index is 14.3. The fraction of sp³-hybridized carbons (Fsp3) is 0.720. The minimum Gasteiger partial charge on any atom is -0.464 e. The first kappa shape index (κ1) is 32.6. The van der Waals surface area contributed by atoms with Crippen molar-refractivity contribution in [2.24, 2.45) is 0 Å². The molecule has 0 radical (unpaired) electrons. The van der Waals surface area contributed by atoms with Crippen molar-refractivity contribution in [2.45, 2.75) is 97.9 Å². The largest absolute Gasteiger partial charge is 0.464 e. The number of anilines is 1. The molecule has 13 nitrogen and oxygen atoms in total. The summed E-state index contributed by atoms with van der Waals surface area (Å²) in [6.45, 7) is 12.9. The Kier molecular flexibility index (Phi) is 11.8. The molecule has 1 atom stereocenters. The van der Waals surface area contributed by atoms with Crippen molar-refractivity contribution < 1.29 is 28.4 Å². The van der Waals surface area contributed by atoms with Gasteiger partial charge in [-0.25, -0.2) is 25.1 Å². The van der Waals surface area contributed by atoms with Crippen LogP contribution in [0.3, 0.4) is 0 Å². The minimum absolute atomic E-state index is 0.258. The molecule has 220 valence electrons. The second-order valence-corrected chi connectivity index (χ2v) is 12.8. The standard InChI is InChI=1S/C25H44N7O6P/c1-8-10-12-36-22(33)24(4,5)30-39(35,31-25(6,7)23(34)37-13-11-9-2)17-38-18(3)14-32-16-29-19-20(26)27-15-28-21(19)32/h15-16,18H,8-14,17H2,1-7H3,(H2,26,27,28)(H2,30,31,35)/t18-/m1/s1. The maximum Gasteiger partial charge on any atom is 0.326 e. The summed E-state index contributed by atoms with van der Waals surface area (Å²) in [6, 6.07) is 0. The van der Waals surface area contributed by atoms with Gasteiger partial charge in [0, 0.05) is 0 Å². The van der Waals surface area contributed by atoms with Crippen LogP contribution in [0.1, 0.15) is 74.1 Å². The van der Waals surface area contributed by atoms with Crippen LogP contribution in [-0.4, -0.2) is 68.2 Å². The van der Waals surface area contributed by atoms with Gasteiger partial charge in [-0.05, 0) is 47.5 Å². The molecule has 0 amide bonds. The van der Waals surface area contributed by atoms with Gasteiger partial charge in [-0.1, -0.05) is 26.7 Å². The average Bonchev–Trinajstić information content (AvgIpc) is 3.26. The normalized spacial score (nSPS) is 13.4. The number of ether oxygens (including phenoxy) is 3. The number of nitrogen functional groups attached to an aromatic ring is 1.